The standard InChI is InChI=1S/C17H12F3N5O4/c18-9-5-6-13(29-17(19)20)11(7-9)16(26)21-8-14-22-15(24-23-14)10-3-1-2-4-12(10)25(27)28/h1-7,17H,8H2,(H,21,26)(H,22,23,24). The molecule has 0 radical (unpaired) electrons. The molecule has 2 N–H and O–H groups in total. The minimum absolute atomic E-state index is 0.0687. The van der Waals surface area contributed by atoms with E-state index in [1.807, 2.05) is 0 Å². The minimum atomic E-state index is -3.19. The van der Waals surface area contributed by atoms with Crippen LogP contribution in [0.4, 0.5) is 18.9 Å². The first-order chi connectivity index (χ1) is 13.8. The molecule has 0 bridgehead atoms. The normalized spacial score (nSPS) is 10.8. The van der Waals surface area contributed by atoms with E-state index >= 15 is 0 Å². The van der Waals surface area contributed by atoms with Gasteiger partial charge < -0.3 is 10.1 Å². The van der Waals surface area contributed by atoms with Crippen LogP contribution in [0, 0.1) is 15.9 Å². The van der Waals surface area contributed by atoms with Gasteiger partial charge in [0.15, 0.2) is 11.6 Å². The number of carbonyl (C=O) groups is 1. The topological polar surface area (TPSA) is 123 Å². The van der Waals surface area contributed by atoms with Gasteiger partial charge in [0.05, 0.1) is 22.6 Å². The Morgan fingerprint density at radius 2 is 2.03 bits per heavy atom. The molecule has 150 valence electrons. The molecule has 0 saturated carbocycles. The van der Waals surface area contributed by atoms with Gasteiger partial charge in [0.2, 0.25) is 0 Å². The lowest BCUT2D eigenvalue weighted by Crippen LogP contribution is -2.24. The van der Waals surface area contributed by atoms with E-state index in [0.717, 1.165) is 18.2 Å². The molecule has 12 heteroatoms. The first-order valence-corrected chi connectivity index (χ1v) is 8.03. The molecule has 29 heavy (non-hydrogen) atoms. The highest BCUT2D eigenvalue weighted by Gasteiger charge is 2.19. The Bertz CT molecular complexity index is 1060. The zero-order valence-corrected chi connectivity index (χ0v) is 14.4. The summed E-state index contributed by atoms with van der Waals surface area (Å²) in [5, 5.41) is 19.8. The SMILES string of the molecule is O=C(NCc1n[nH]c(-c2ccccc2[N+](=O)[O-])n1)c1cc(F)ccc1OC(F)F. The van der Waals surface area contributed by atoms with Crippen LogP contribution < -0.4 is 10.1 Å². The largest absolute Gasteiger partial charge is 0.434 e. The summed E-state index contributed by atoms with van der Waals surface area (Å²) >= 11 is 0. The number of aromatic amines is 1. The van der Waals surface area contributed by atoms with Crippen molar-refractivity contribution < 1.29 is 27.6 Å². The Morgan fingerprint density at radius 1 is 1.28 bits per heavy atom. The molecule has 1 heterocycles. The molecule has 0 atom stereocenters. The maximum Gasteiger partial charge on any atom is 0.387 e. The van der Waals surface area contributed by atoms with E-state index in [-0.39, 0.29) is 29.4 Å². The van der Waals surface area contributed by atoms with Crippen LogP contribution in [-0.4, -0.2) is 32.6 Å². The summed E-state index contributed by atoms with van der Waals surface area (Å²) in [6.07, 6.45) is 0. The number of ether oxygens (including phenoxy) is 1. The van der Waals surface area contributed by atoms with Gasteiger partial charge in [0.1, 0.15) is 11.6 Å². The van der Waals surface area contributed by atoms with Gasteiger partial charge in [-0.05, 0) is 24.3 Å². The summed E-state index contributed by atoms with van der Waals surface area (Å²) in [5.41, 5.74) is -0.423. The summed E-state index contributed by atoms with van der Waals surface area (Å²) in [7, 11) is 0. The third kappa shape index (κ3) is 4.66. The maximum absolute atomic E-state index is 13.4. The zero-order valence-electron chi connectivity index (χ0n) is 14.4. The first kappa shape index (κ1) is 19.8. The number of H-pyrrole nitrogens is 1. The number of halogens is 3. The van der Waals surface area contributed by atoms with Crippen LogP contribution >= 0.6 is 0 Å². The lowest BCUT2D eigenvalue weighted by atomic mass is 10.1. The van der Waals surface area contributed by atoms with Gasteiger partial charge in [-0.2, -0.15) is 13.9 Å². The number of hydrogen-bond acceptors (Lipinski definition) is 6. The van der Waals surface area contributed by atoms with E-state index in [9.17, 15) is 28.1 Å². The number of nitro groups is 1. The molecule has 0 aliphatic carbocycles. The third-order valence-corrected chi connectivity index (χ3v) is 3.70. The quantitative estimate of drug-likeness (QED) is 0.458. The summed E-state index contributed by atoms with van der Waals surface area (Å²) in [6.45, 7) is -3.44. The van der Waals surface area contributed by atoms with Crippen LogP contribution in [0.15, 0.2) is 42.5 Å². The Balaban J connectivity index is 1.75. The van der Waals surface area contributed by atoms with E-state index in [0.29, 0.717) is 0 Å². The lowest BCUT2D eigenvalue weighted by Gasteiger charge is -2.10. The summed E-state index contributed by atoms with van der Waals surface area (Å²) in [5.74, 6) is -2.02. The molecule has 3 rings (SSSR count). The van der Waals surface area contributed by atoms with Crippen molar-refractivity contribution in [2.75, 3.05) is 0 Å². The molecule has 0 fully saturated rings. The van der Waals surface area contributed by atoms with E-state index in [2.05, 4.69) is 25.2 Å². The lowest BCUT2D eigenvalue weighted by molar-refractivity contribution is -0.384. The predicted octanol–water partition coefficient (Wildman–Crippen LogP) is 3.05. The summed E-state index contributed by atoms with van der Waals surface area (Å²) in [4.78, 5) is 26.8. The van der Waals surface area contributed by atoms with Crippen molar-refractivity contribution in [3.8, 4) is 17.1 Å². The van der Waals surface area contributed by atoms with Crippen molar-refractivity contribution in [1.29, 1.82) is 0 Å². The number of carbonyl (C=O) groups excluding carboxylic acids is 1. The fourth-order valence-electron chi connectivity index (χ4n) is 2.46. The Labute approximate surface area is 160 Å². The van der Waals surface area contributed by atoms with Gasteiger partial charge in [-0.15, -0.1) is 0 Å². The first-order valence-electron chi connectivity index (χ1n) is 8.03. The summed E-state index contributed by atoms with van der Waals surface area (Å²) in [6, 6.07) is 8.40. The molecule has 0 aliphatic heterocycles. The molecule has 0 saturated heterocycles. The summed E-state index contributed by atoms with van der Waals surface area (Å²) < 4.78 is 42.5. The molecule has 1 amide bonds. The van der Waals surface area contributed by atoms with Gasteiger partial charge in [-0.25, -0.2) is 9.37 Å². The van der Waals surface area contributed by atoms with Crippen LogP contribution in [0.2, 0.25) is 0 Å². The van der Waals surface area contributed by atoms with Crippen LogP contribution in [0.25, 0.3) is 11.4 Å². The highest BCUT2D eigenvalue weighted by Crippen LogP contribution is 2.26. The number of nitro benzene ring substituents is 1. The van der Waals surface area contributed by atoms with E-state index < -0.39 is 34.6 Å². The Hall–Kier alpha value is -3.96. The average Bonchev–Trinajstić information content (AvgIpc) is 3.16. The van der Waals surface area contributed by atoms with Crippen LogP contribution in [0.1, 0.15) is 16.2 Å². The van der Waals surface area contributed by atoms with Gasteiger partial charge in [0.25, 0.3) is 11.6 Å². The Morgan fingerprint density at radius 3 is 2.76 bits per heavy atom. The highest BCUT2D eigenvalue weighted by atomic mass is 19.3. The molecule has 2 aromatic carbocycles. The number of aromatic nitrogens is 3. The predicted molar refractivity (Wildman–Crippen MR) is 92.7 cm³/mol. The van der Waals surface area contributed by atoms with Crippen LogP contribution in [-0.2, 0) is 6.54 Å². The van der Waals surface area contributed by atoms with Gasteiger partial charge in [-0.3, -0.25) is 20.0 Å². The molecule has 9 nitrogen and oxygen atoms in total. The maximum atomic E-state index is 13.4. The number of para-hydroxylation sites is 1. The van der Waals surface area contributed by atoms with Gasteiger partial charge in [0, 0.05) is 6.07 Å². The van der Waals surface area contributed by atoms with Gasteiger partial charge in [-0.1, -0.05) is 12.1 Å². The second-order valence-corrected chi connectivity index (χ2v) is 5.58. The second-order valence-electron chi connectivity index (χ2n) is 5.58. The molecular weight excluding hydrogens is 395 g/mol. The average molecular weight is 407 g/mol. The fourth-order valence-corrected chi connectivity index (χ4v) is 2.46. The van der Waals surface area contributed by atoms with Gasteiger partial charge >= 0.3 is 6.61 Å². The molecule has 1 aromatic heterocycles. The van der Waals surface area contributed by atoms with Crippen molar-refractivity contribution in [2.24, 2.45) is 0 Å². The van der Waals surface area contributed by atoms with Crippen molar-refractivity contribution in [3.05, 3.63) is 69.8 Å². The van der Waals surface area contributed by atoms with Crippen molar-refractivity contribution in [3.63, 3.8) is 0 Å². The number of nitrogens with one attached hydrogen (secondary N) is 2. The molecule has 0 unspecified atom stereocenters. The highest BCUT2D eigenvalue weighted by molar-refractivity contribution is 5.96. The monoisotopic (exact) mass is 407 g/mol. The minimum Gasteiger partial charge on any atom is -0.434 e. The zero-order chi connectivity index (χ0) is 21.0. The number of rotatable bonds is 7. The number of hydrogen-bond donors (Lipinski definition) is 2. The van der Waals surface area contributed by atoms with E-state index in [4.69, 9.17) is 0 Å². The van der Waals surface area contributed by atoms with E-state index in [1.165, 1.54) is 18.2 Å². The number of amides is 1. The van der Waals surface area contributed by atoms with E-state index in [1.54, 1.807) is 6.07 Å². The molecule has 3 aromatic rings. The fraction of sp³-hybridized carbons (Fsp3) is 0.118. The van der Waals surface area contributed by atoms with Crippen molar-refractivity contribution >= 4 is 11.6 Å². The van der Waals surface area contributed by atoms with Crippen molar-refractivity contribution in [1.82, 2.24) is 20.5 Å². The molecule has 0 aliphatic rings. The number of benzene rings is 2. The smallest absolute Gasteiger partial charge is 0.387 e. The third-order valence-electron chi connectivity index (χ3n) is 3.70. The van der Waals surface area contributed by atoms with Crippen LogP contribution in [0.3, 0.4) is 0 Å². The number of alkyl halides is 2. The number of nitrogens with zero attached hydrogens (tertiary/aromatic N) is 3. The molecule has 0 spiro atoms. The Kier molecular flexibility index (Phi) is 5.71. The van der Waals surface area contributed by atoms with Crippen LogP contribution in [0.5, 0.6) is 5.75 Å². The second kappa shape index (κ2) is 8.37. The molecular formula is C17H12F3N5O4. The van der Waals surface area contributed by atoms with Crippen molar-refractivity contribution in [2.45, 2.75) is 13.2 Å².